The number of nitrogens with one attached hydrogen (secondary N) is 1. The summed E-state index contributed by atoms with van der Waals surface area (Å²) in [4.78, 5) is 16.5. The Hall–Kier alpha value is -0.810. The molecule has 0 aromatic carbocycles. The molecule has 23 heavy (non-hydrogen) atoms. The van der Waals surface area contributed by atoms with E-state index in [4.69, 9.17) is 4.74 Å². The number of rotatable bonds is 6. The predicted octanol–water partition coefficient (Wildman–Crippen LogP) is 2.85. The number of ether oxygens (including phenoxy) is 1. The Morgan fingerprint density at radius 2 is 2.09 bits per heavy atom. The van der Waals surface area contributed by atoms with Crippen LogP contribution in [0, 0.1) is 0 Å². The molecule has 0 radical (unpaired) electrons. The van der Waals surface area contributed by atoms with Gasteiger partial charge in [0, 0.05) is 25.2 Å². The van der Waals surface area contributed by atoms with E-state index in [1.165, 1.54) is 38.8 Å². The highest BCUT2D eigenvalue weighted by Gasteiger charge is 2.31. The zero-order valence-corrected chi connectivity index (χ0v) is 15.4. The van der Waals surface area contributed by atoms with Gasteiger partial charge < -0.3 is 19.9 Å². The van der Waals surface area contributed by atoms with Gasteiger partial charge in [0.05, 0.1) is 0 Å². The highest BCUT2D eigenvalue weighted by atomic mass is 16.6. The Morgan fingerprint density at radius 3 is 2.78 bits per heavy atom. The Bertz CT molecular complexity index is 381. The number of piperidine rings is 1. The van der Waals surface area contributed by atoms with Crippen molar-refractivity contribution >= 4 is 6.09 Å². The molecule has 0 spiro atoms. The lowest BCUT2D eigenvalue weighted by molar-refractivity contribution is 0.0258. The van der Waals surface area contributed by atoms with Gasteiger partial charge in [-0.15, -0.1) is 0 Å². The van der Waals surface area contributed by atoms with Crippen molar-refractivity contribution in [1.29, 1.82) is 0 Å². The standard InChI is InChI=1S/C18H35N3O2/c1-5-20(17(22)23-18(2,3)4)12-7-10-19-15-9-13-21-11-6-8-16(21)14-15/h15-16,19H,5-14H2,1-4H3. The van der Waals surface area contributed by atoms with Crippen molar-refractivity contribution in [2.24, 2.45) is 0 Å². The lowest BCUT2D eigenvalue weighted by Crippen LogP contribution is -2.46. The molecular formula is C18H35N3O2. The van der Waals surface area contributed by atoms with E-state index in [1.807, 2.05) is 27.7 Å². The van der Waals surface area contributed by atoms with Crippen LogP contribution in [0.25, 0.3) is 0 Å². The maximum absolute atomic E-state index is 12.1. The van der Waals surface area contributed by atoms with Crippen molar-refractivity contribution in [2.45, 2.75) is 77.5 Å². The molecule has 2 aliphatic heterocycles. The third-order valence-electron chi connectivity index (χ3n) is 4.89. The molecule has 0 aliphatic carbocycles. The largest absolute Gasteiger partial charge is 0.444 e. The molecule has 5 heteroatoms. The summed E-state index contributed by atoms with van der Waals surface area (Å²) < 4.78 is 5.45. The minimum Gasteiger partial charge on any atom is -0.444 e. The van der Waals surface area contributed by atoms with Gasteiger partial charge in [-0.3, -0.25) is 0 Å². The van der Waals surface area contributed by atoms with Crippen LogP contribution in [0.5, 0.6) is 0 Å². The molecule has 2 rings (SSSR count). The average molecular weight is 325 g/mol. The van der Waals surface area contributed by atoms with E-state index in [1.54, 1.807) is 4.90 Å². The van der Waals surface area contributed by atoms with Crippen molar-refractivity contribution < 1.29 is 9.53 Å². The highest BCUT2D eigenvalue weighted by Crippen LogP contribution is 2.26. The number of hydrogen-bond donors (Lipinski definition) is 1. The Labute approximate surface area is 141 Å². The maximum Gasteiger partial charge on any atom is 0.410 e. The van der Waals surface area contributed by atoms with Crippen molar-refractivity contribution in [3.05, 3.63) is 0 Å². The Balaban J connectivity index is 1.63. The van der Waals surface area contributed by atoms with Crippen LogP contribution < -0.4 is 5.32 Å². The molecular weight excluding hydrogens is 290 g/mol. The molecule has 1 amide bonds. The maximum atomic E-state index is 12.1. The summed E-state index contributed by atoms with van der Waals surface area (Å²) in [6.07, 6.45) is 6.10. The zero-order chi connectivity index (χ0) is 16.9. The van der Waals surface area contributed by atoms with Gasteiger partial charge in [0.25, 0.3) is 0 Å². The van der Waals surface area contributed by atoms with Crippen LogP contribution in [0.15, 0.2) is 0 Å². The lowest BCUT2D eigenvalue weighted by atomic mass is 9.97. The van der Waals surface area contributed by atoms with Crippen molar-refractivity contribution in [3.8, 4) is 0 Å². The first-order valence-corrected chi connectivity index (χ1v) is 9.34. The Kier molecular flexibility index (Phi) is 6.72. The van der Waals surface area contributed by atoms with Crippen LogP contribution in [0.4, 0.5) is 4.79 Å². The summed E-state index contributed by atoms with van der Waals surface area (Å²) >= 11 is 0. The molecule has 0 bridgehead atoms. The van der Waals surface area contributed by atoms with E-state index < -0.39 is 5.60 Å². The number of amides is 1. The SMILES string of the molecule is CCN(CCCNC1CCN2CCCC2C1)C(=O)OC(C)(C)C. The van der Waals surface area contributed by atoms with E-state index in [0.717, 1.165) is 25.6 Å². The summed E-state index contributed by atoms with van der Waals surface area (Å²) in [6, 6.07) is 1.47. The van der Waals surface area contributed by atoms with Gasteiger partial charge in [0.2, 0.25) is 0 Å². The van der Waals surface area contributed by atoms with Crippen LogP contribution in [-0.4, -0.2) is 66.3 Å². The molecule has 2 fully saturated rings. The van der Waals surface area contributed by atoms with Gasteiger partial charge in [-0.05, 0) is 79.4 Å². The van der Waals surface area contributed by atoms with E-state index in [9.17, 15) is 4.79 Å². The summed E-state index contributed by atoms with van der Waals surface area (Å²) in [6.45, 7) is 12.8. The summed E-state index contributed by atoms with van der Waals surface area (Å²) in [5, 5.41) is 3.70. The zero-order valence-electron chi connectivity index (χ0n) is 15.4. The summed E-state index contributed by atoms with van der Waals surface area (Å²) in [7, 11) is 0. The summed E-state index contributed by atoms with van der Waals surface area (Å²) in [5.41, 5.74) is -0.419. The normalized spacial score (nSPS) is 25.2. The second kappa shape index (κ2) is 8.34. The fourth-order valence-electron chi connectivity index (χ4n) is 3.69. The van der Waals surface area contributed by atoms with E-state index in [-0.39, 0.29) is 6.09 Å². The minimum absolute atomic E-state index is 0.195. The van der Waals surface area contributed by atoms with Crippen molar-refractivity contribution in [1.82, 2.24) is 15.1 Å². The summed E-state index contributed by atoms with van der Waals surface area (Å²) in [5.74, 6) is 0. The molecule has 2 atom stereocenters. The first kappa shape index (κ1) is 18.5. The molecule has 134 valence electrons. The molecule has 0 aromatic heterocycles. The van der Waals surface area contributed by atoms with Gasteiger partial charge in [-0.25, -0.2) is 4.79 Å². The average Bonchev–Trinajstić information content (AvgIpc) is 2.92. The third-order valence-corrected chi connectivity index (χ3v) is 4.89. The molecule has 2 aliphatic rings. The Morgan fingerprint density at radius 1 is 1.30 bits per heavy atom. The molecule has 0 saturated carbocycles. The van der Waals surface area contributed by atoms with Crippen LogP contribution in [-0.2, 0) is 4.74 Å². The van der Waals surface area contributed by atoms with Gasteiger partial charge >= 0.3 is 6.09 Å². The van der Waals surface area contributed by atoms with Crippen LogP contribution in [0.2, 0.25) is 0 Å². The lowest BCUT2D eigenvalue weighted by Gasteiger charge is -2.35. The minimum atomic E-state index is -0.419. The van der Waals surface area contributed by atoms with Gasteiger partial charge in [0.15, 0.2) is 0 Å². The first-order valence-electron chi connectivity index (χ1n) is 9.34. The van der Waals surface area contributed by atoms with Gasteiger partial charge in [-0.2, -0.15) is 0 Å². The fraction of sp³-hybridized carbons (Fsp3) is 0.944. The second-order valence-corrected chi connectivity index (χ2v) is 7.92. The van der Waals surface area contributed by atoms with Gasteiger partial charge in [0.1, 0.15) is 5.60 Å². The second-order valence-electron chi connectivity index (χ2n) is 7.92. The smallest absolute Gasteiger partial charge is 0.410 e. The molecule has 2 saturated heterocycles. The molecule has 1 N–H and O–H groups in total. The predicted molar refractivity (Wildman–Crippen MR) is 93.7 cm³/mol. The van der Waals surface area contributed by atoms with Crippen LogP contribution in [0.3, 0.4) is 0 Å². The molecule has 0 aromatic rings. The number of nitrogens with zero attached hydrogens (tertiary/aromatic N) is 2. The number of fused-ring (bicyclic) bond motifs is 1. The third kappa shape index (κ3) is 5.96. The van der Waals surface area contributed by atoms with E-state index >= 15 is 0 Å². The van der Waals surface area contributed by atoms with Crippen molar-refractivity contribution in [3.63, 3.8) is 0 Å². The monoisotopic (exact) mass is 325 g/mol. The van der Waals surface area contributed by atoms with Crippen LogP contribution in [0.1, 0.15) is 59.8 Å². The molecule has 2 heterocycles. The topological polar surface area (TPSA) is 44.8 Å². The van der Waals surface area contributed by atoms with E-state index in [0.29, 0.717) is 12.6 Å². The van der Waals surface area contributed by atoms with Gasteiger partial charge in [-0.1, -0.05) is 0 Å². The number of hydrogen-bond acceptors (Lipinski definition) is 4. The van der Waals surface area contributed by atoms with Crippen molar-refractivity contribution in [2.75, 3.05) is 32.7 Å². The quantitative estimate of drug-likeness (QED) is 0.763. The van der Waals surface area contributed by atoms with Crippen LogP contribution >= 0.6 is 0 Å². The number of carbonyl (C=O) groups excluding carboxylic acids is 1. The molecule has 2 unspecified atom stereocenters. The fourth-order valence-corrected chi connectivity index (χ4v) is 3.69. The number of carbonyl (C=O) groups is 1. The molecule has 5 nitrogen and oxygen atoms in total. The van der Waals surface area contributed by atoms with E-state index in [2.05, 4.69) is 10.2 Å². The first-order chi connectivity index (χ1) is 10.9. The highest BCUT2D eigenvalue weighted by molar-refractivity contribution is 5.68.